The molecule has 0 radical (unpaired) electrons. The van der Waals surface area contributed by atoms with Gasteiger partial charge in [-0.1, -0.05) is 33.6 Å². The molecular weight excluding hydrogens is 344 g/mol. The van der Waals surface area contributed by atoms with Gasteiger partial charge in [0.1, 0.15) is 11.5 Å². The van der Waals surface area contributed by atoms with Gasteiger partial charge in [0.2, 0.25) is 0 Å². The molecule has 0 fully saturated rings. The molecule has 0 aliphatic carbocycles. The van der Waals surface area contributed by atoms with Crippen LogP contribution in [0, 0.1) is 13.8 Å². The third-order valence-corrected chi connectivity index (χ3v) is 4.08. The number of hydrogen-bond donors (Lipinski definition) is 0. The highest BCUT2D eigenvalue weighted by Gasteiger charge is 2.14. The van der Waals surface area contributed by atoms with Crippen LogP contribution < -0.4 is 10.4 Å². The van der Waals surface area contributed by atoms with E-state index in [-0.39, 0.29) is 5.63 Å². The minimum atomic E-state index is -0.337. The van der Waals surface area contributed by atoms with Crippen LogP contribution in [0.15, 0.2) is 50.1 Å². The van der Waals surface area contributed by atoms with Gasteiger partial charge in [0.05, 0.1) is 18.1 Å². The average Bonchev–Trinajstić information content (AvgIpc) is 2.47. The number of rotatable bonds is 2. The van der Waals surface area contributed by atoms with Gasteiger partial charge < -0.3 is 9.15 Å². The lowest BCUT2D eigenvalue weighted by Crippen LogP contribution is -2.01. The fraction of sp³-hybridized carbons (Fsp3) is 0.167. The second-order valence-corrected chi connectivity index (χ2v) is 6.21. The number of fused-ring (bicyclic) bond motifs is 1. The van der Waals surface area contributed by atoms with E-state index in [1.807, 2.05) is 50.2 Å². The van der Waals surface area contributed by atoms with Gasteiger partial charge in [-0.05, 0) is 49.1 Å². The van der Waals surface area contributed by atoms with Crippen molar-refractivity contribution in [1.82, 2.24) is 0 Å². The first kappa shape index (κ1) is 14.9. The van der Waals surface area contributed by atoms with Crippen molar-refractivity contribution in [2.75, 3.05) is 7.11 Å². The predicted octanol–water partition coefficient (Wildman–Crippen LogP) is 4.85. The fourth-order valence-electron chi connectivity index (χ4n) is 2.61. The Labute approximate surface area is 136 Å². The van der Waals surface area contributed by atoms with Crippen molar-refractivity contribution in [3.63, 3.8) is 0 Å². The Hall–Kier alpha value is -2.07. The van der Waals surface area contributed by atoms with Crippen LogP contribution in [0.25, 0.3) is 22.1 Å². The zero-order valence-electron chi connectivity index (χ0n) is 12.6. The van der Waals surface area contributed by atoms with Crippen LogP contribution in [0.2, 0.25) is 0 Å². The lowest BCUT2D eigenvalue weighted by molar-refractivity contribution is 0.410. The molecule has 0 N–H and O–H groups in total. The third kappa shape index (κ3) is 2.55. The normalized spacial score (nSPS) is 10.9. The van der Waals surface area contributed by atoms with Crippen molar-refractivity contribution in [1.29, 1.82) is 0 Å². The van der Waals surface area contributed by atoms with Gasteiger partial charge in [-0.2, -0.15) is 0 Å². The summed E-state index contributed by atoms with van der Waals surface area (Å²) in [5, 5.41) is 1.45. The molecule has 0 amide bonds. The van der Waals surface area contributed by atoms with Crippen LogP contribution >= 0.6 is 15.9 Å². The van der Waals surface area contributed by atoms with E-state index in [0.29, 0.717) is 16.9 Å². The Morgan fingerprint density at radius 3 is 2.59 bits per heavy atom. The smallest absolute Gasteiger partial charge is 0.344 e. The molecule has 112 valence electrons. The largest absolute Gasteiger partial charge is 0.496 e. The quantitative estimate of drug-likeness (QED) is 0.657. The van der Waals surface area contributed by atoms with E-state index in [2.05, 4.69) is 15.9 Å². The molecule has 0 bridgehead atoms. The summed E-state index contributed by atoms with van der Waals surface area (Å²) in [4.78, 5) is 12.3. The van der Waals surface area contributed by atoms with Crippen LogP contribution in [-0.2, 0) is 0 Å². The molecule has 22 heavy (non-hydrogen) atoms. The molecule has 1 aromatic heterocycles. The van der Waals surface area contributed by atoms with Gasteiger partial charge in [0, 0.05) is 4.47 Å². The van der Waals surface area contributed by atoms with E-state index in [9.17, 15) is 4.79 Å². The maximum atomic E-state index is 12.3. The van der Waals surface area contributed by atoms with E-state index >= 15 is 0 Å². The molecule has 2 aromatic carbocycles. The lowest BCUT2D eigenvalue weighted by atomic mass is 10.0. The van der Waals surface area contributed by atoms with Gasteiger partial charge in [0.25, 0.3) is 0 Å². The second-order valence-electron chi connectivity index (χ2n) is 5.29. The summed E-state index contributed by atoms with van der Waals surface area (Å²) in [5.74, 6) is 1.21. The highest BCUT2D eigenvalue weighted by molar-refractivity contribution is 9.10. The maximum Gasteiger partial charge on any atom is 0.344 e. The van der Waals surface area contributed by atoms with Gasteiger partial charge in [-0.25, -0.2) is 4.79 Å². The van der Waals surface area contributed by atoms with E-state index < -0.39 is 0 Å². The Bertz CT molecular complexity index is 925. The molecule has 0 unspecified atom stereocenters. The molecule has 4 heteroatoms. The first-order valence-electron chi connectivity index (χ1n) is 6.88. The number of hydrogen-bond acceptors (Lipinski definition) is 3. The molecule has 0 saturated carbocycles. The predicted molar refractivity (Wildman–Crippen MR) is 91.6 cm³/mol. The highest BCUT2D eigenvalue weighted by atomic mass is 79.9. The van der Waals surface area contributed by atoms with Crippen molar-refractivity contribution < 1.29 is 9.15 Å². The standard InChI is InChI=1S/C18H15BrO3/c1-10-4-5-12-8-16(22-18(20)14(12)6-10)15-9-13(19)7-11(2)17(15)21-3/h4-9H,1-3H3. The molecular formula is C18H15BrO3. The molecule has 3 nitrogen and oxygen atoms in total. The van der Waals surface area contributed by atoms with E-state index in [1.54, 1.807) is 7.11 Å². The summed E-state index contributed by atoms with van der Waals surface area (Å²) >= 11 is 3.48. The summed E-state index contributed by atoms with van der Waals surface area (Å²) in [6, 6.07) is 11.5. The zero-order valence-corrected chi connectivity index (χ0v) is 14.2. The van der Waals surface area contributed by atoms with Gasteiger partial charge in [-0.3, -0.25) is 0 Å². The Morgan fingerprint density at radius 1 is 1.09 bits per heavy atom. The van der Waals surface area contributed by atoms with Crippen molar-refractivity contribution >= 4 is 26.7 Å². The third-order valence-electron chi connectivity index (χ3n) is 3.63. The number of benzene rings is 2. The highest BCUT2D eigenvalue weighted by Crippen LogP contribution is 2.36. The van der Waals surface area contributed by atoms with Crippen molar-refractivity contribution in [2.45, 2.75) is 13.8 Å². The molecule has 0 spiro atoms. The lowest BCUT2D eigenvalue weighted by Gasteiger charge is -2.12. The van der Waals surface area contributed by atoms with Crippen LogP contribution in [-0.4, -0.2) is 7.11 Å². The van der Waals surface area contributed by atoms with Crippen molar-refractivity contribution in [2.24, 2.45) is 0 Å². The van der Waals surface area contributed by atoms with E-state index in [1.165, 1.54) is 0 Å². The van der Waals surface area contributed by atoms with E-state index in [0.717, 1.165) is 26.5 Å². The second kappa shape index (κ2) is 5.61. The first-order chi connectivity index (χ1) is 10.5. The monoisotopic (exact) mass is 358 g/mol. The van der Waals surface area contributed by atoms with Crippen LogP contribution in [0.3, 0.4) is 0 Å². The van der Waals surface area contributed by atoms with Gasteiger partial charge >= 0.3 is 5.63 Å². The number of ether oxygens (including phenoxy) is 1. The summed E-state index contributed by atoms with van der Waals surface area (Å²) in [6.07, 6.45) is 0. The summed E-state index contributed by atoms with van der Waals surface area (Å²) in [6.45, 7) is 3.91. The molecule has 0 aliphatic heterocycles. The Balaban J connectivity index is 2.32. The molecule has 1 heterocycles. The SMILES string of the molecule is COc1c(C)cc(Br)cc1-c1cc2ccc(C)cc2c(=O)o1. The van der Waals surface area contributed by atoms with Crippen LogP contribution in [0.5, 0.6) is 5.75 Å². The number of aryl methyl sites for hydroxylation is 2. The van der Waals surface area contributed by atoms with Gasteiger partial charge in [-0.15, -0.1) is 0 Å². The minimum Gasteiger partial charge on any atom is -0.496 e. The number of methoxy groups -OCH3 is 1. The van der Waals surface area contributed by atoms with E-state index in [4.69, 9.17) is 9.15 Å². The molecule has 3 aromatic rings. The Kier molecular flexibility index (Phi) is 3.79. The first-order valence-corrected chi connectivity index (χ1v) is 7.68. The Morgan fingerprint density at radius 2 is 1.86 bits per heavy atom. The zero-order chi connectivity index (χ0) is 15.9. The molecule has 0 saturated heterocycles. The minimum absolute atomic E-state index is 0.337. The summed E-state index contributed by atoms with van der Waals surface area (Å²) in [5.41, 5.74) is 2.42. The van der Waals surface area contributed by atoms with Crippen molar-refractivity contribution in [3.05, 3.63) is 62.4 Å². The van der Waals surface area contributed by atoms with Crippen molar-refractivity contribution in [3.8, 4) is 17.1 Å². The summed E-state index contributed by atoms with van der Waals surface area (Å²) in [7, 11) is 1.61. The molecule has 3 rings (SSSR count). The van der Waals surface area contributed by atoms with Crippen LogP contribution in [0.1, 0.15) is 11.1 Å². The number of halogens is 1. The molecule has 0 atom stereocenters. The summed E-state index contributed by atoms with van der Waals surface area (Å²) < 4.78 is 11.9. The topological polar surface area (TPSA) is 39.4 Å². The molecule has 0 aliphatic rings. The average molecular weight is 359 g/mol. The van der Waals surface area contributed by atoms with Crippen LogP contribution in [0.4, 0.5) is 0 Å². The van der Waals surface area contributed by atoms with Gasteiger partial charge in [0.15, 0.2) is 0 Å². The fourth-order valence-corrected chi connectivity index (χ4v) is 3.19. The maximum absolute atomic E-state index is 12.3.